The molecule has 0 atom stereocenters. The van der Waals surface area contributed by atoms with Gasteiger partial charge in [0, 0.05) is 18.0 Å². The minimum Gasteiger partial charge on any atom is -0.478 e. The summed E-state index contributed by atoms with van der Waals surface area (Å²) in [6.45, 7) is 1.54. The van der Waals surface area contributed by atoms with E-state index >= 15 is 0 Å². The quantitative estimate of drug-likeness (QED) is 0.671. The lowest BCUT2D eigenvalue weighted by Gasteiger charge is -2.07. The van der Waals surface area contributed by atoms with Crippen LogP contribution in [0.4, 0.5) is 5.69 Å². The number of nitrogens with zero attached hydrogens (tertiary/aromatic N) is 3. The largest absolute Gasteiger partial charge is 0.478 e. The van der Waals surface area contributed by atoms with Crippen molar-refractivity contribution in [3.63, 3.8) is 0 Å². The molecule has 0 aliphatic carbocycles. The standard InChI is InChI=1S/C12H9N3O5/c1-7-5-14-11(4-9(7)15(18)19)20-10-6-13-3-2-8(10)12(16)17/h2-6H,1H3,(H,16,17). The fourth-order valence-electron chi connectivity index (χ4n) is 1.50. The van der Waals surface area contributed by atoms with E-state index in [1.165, 1.54) is 24.7 Å². The molecule has 0 bridgehead atoms. The number of hydrogen-bond acceptors (Lipinski definition) is 6. The summed E-state index contributed by atoms with van der Waals surface area (Å²) in [6.07, 6.45) is 3.79. The molecule has 102 valence electrons. The molecule has 0 saturated heterocycles. The van der Waals surface area contributed by atoms with Crippen LogP contribution in [0.25, 0.3) is 0 Å². The van der Waals surface area contributed by atoms with Gasteiger partial charge in [-0.05, 0) is 13.0 Å². The topological polar surface area (TPSA) is 115 Å². The van der Waals surface area contributed by atoms with Gasteiger partial charge in [0.25, 0.3) is 5.69 Å². The Morgan fingerprint density at radius 1 is 1.45 bits per heavy atom. The molecule has 0 aromatic carbocycles. The minimum atomic E-state index is -1.19. The SMILES string of the molecule is Cc1cnc(Oc2cnccc2C(=O)O)cc1[N+](=O)[O-]. The van der Waals surface area contributed by atoms with Crippen molar-refractivity contribution < 1.29 is 19.6 Å². The van der Waals surface area contributed by atoms with Gasteiger partial charge in [0.1, 0.15) is 5.56 Å². The first-order chi connectivity index (χ1) is 9.49. The van der Waals surface area contributed by atoms with Crippen molar-refractivity contribution in [2.24, 2.45) is 0 Å². The third-order valence-electron chi connectivity index (χ3n) is 2.48. The summed E-state index contributed by atoms with van der Waals surface area (Å²) >= 11 is 0. The zero-order valence-electron chi connectivity index (χ0n) is 10.3. The maximum Gasteiger partial charge on any atom is 0.339 e. The van der Waals surface area contributed by atoms with Gasteiger partial charge < -0.3 is 9.84 Å². The predicted octanol–water partition coefficient (Wildman–Crippen LogP) is 2.18. The van der Waals surface area contributed by atoms with Gasteiger partial charge in [-0.2, -0.15) is 0 Å². The van der Waals surface area contributed by atoms with E-state index in [4.69, 9.17) is 9.84 Å². The molecular formula is C12H9N3O5. The van der Waals surface area contributed by atoms with Crippen molar-refractivity contribution in [2.75, 3.05) is 0 Å². The van der Waals surface area contributed by atoms with Crippen LogP contribution in [0, 0.1) is 17.0 Å². The van der Waals surface area contributed by atoms with Crippen LogP contribution in [0.3, 0.4) is 0 Å². The van der Waals surface area contributed by atoms with Crippen molar-refractivity contribution in [1.29, 1.82) is 0 Å². The van der Waals surface area contributed by atoms with Crippen LogP contribution < -0.4 is 4.74 Å². The van der Waals surface area contributed by atoms with Crippen molar-refractivity contribution in [2.45, 2.75) is 6.92 Å². The summed E-state index contributed by atoms with van der Waals surface area (Å²) < 4.78 is 5.26. The zero-order valence-corrected chi connectivity index (χ0v) is 10.3. The molecular weight excluding hydrogens is 266 g/mol. The molecule has 0 unspecified atom stereocenters. The third-order valence-corrected chi connectivity index (χ3v) is 2.48. The molecule has 0 amide bonds. The lowest BCUT2D eigenvalue weighted by Crippen LogP contribution is -2.01. The van der Waals surface area contributed by atoms with E-state index in [0.29, 0.717) is 5.56 Å². The first kappa shape index (κ1) is 13.4. The second-order valence-electron chi connectivity index (χ2n) is 3.85. The Hall–Kier alpha value is -3.03. The molecule has 2 heterocycles. The monoisotopic (exact) mass is 275 g/mol. The van der Waals surface area contributed by atoms with E-state index in [1.807, 2.05) is 0 Å². The molecule has 2 aromatic rings. The molecule has 0 spiro atoms. The van der Waals surface area contributed by atoms with E-state index in [-0.39, 0.29) is 22.9 Å². The van der Waals surface area contributed by atoms with Crippen LogP contribution in [0.15, 0.2) is 30.7 Å². The molecule has 0 saturated carbocycles. The Labute approximate surface area is 112 Å². The maximum atomic E-state index is 11.0. The number of pyridine rings is 2. The summed E-state index contributed by atoms with van der Waals surface area (Å²) in [4.78, 5) is 28.9. The number of rotatable bonds is 4. The average Bonchev–Trinajstić information content (AvgIpc) is 2.41. The van der Waals surface area contributed by atoms with E-state index in [0.717, 1.165) is 6.07 Å². The molecule has 0 aliphatic rings. The first-order valence-corrected chi connectivity index (χ1v) is 5.45. The highest BCUT2D eigenvalue weighted by Crippen LogP contribution is 2.27. The van der Waals surface area contributed by atoms with Gasteiger partial charge in [-0.15, -0.1) is 0 Å². The van der Waals surface area contributed by atoms with Crippen LogP contribution in [-0.4, -0.2) is 26.0 Å². The van der Waals surface area contributed by atoms with Gasteiger partial charge in [0.2, 0.25) is 5.88 Å². The van der Waals surface area contributed by atoms with Gasteiger partial charge in [0.15, 0.2) is 5.75 Å². The predicted molar refractivity (Wildman–Crippen MR) is 66.9 cm³/mol. The molecule has 2 rings (SSSR count). The summed E-state index contributed by atoms with van der Waals surface area (Å²) in [6, 6.07) is 2.40. The number of aromatic carboxylic acids is 1. The van der Waals surface area contributed by atoms with Crippen LogP contribution in [0.2, 0.25) is 0 Å². The Morgan fingerprint density at radius 3 is 2.85 bits per heavy atom. The molecule has 0 radical (unpaired) electrons. The van der Waals surface area contributed by atoms with E-state index in [9.17, 15) is 14.9 Å². The molecule has 0 fully saturated rings. The Balaban J connectivity index is 2.38. The van der Waals surface area contributed by atoms with E-state index in [1.54, 1.807) is 6.92 Å². The Kier molecular flexibility index (Phi) is 3.56. The van der Waals surface area contributed by atoms with Crippen LogP contribution in [-0.2, 0) is 0 Å². The van der Waals surface area contributed by atoms with Crippen molar-refractivity contribution in [3.8, 4) is 11.6 Å². The highest BCUT2D eigenvalue weighted by molar-refractivity contribution is 5.90. The number of carboxylic acids is 1. The minimum absolute atomic E-state index is 0.0364. The first-order valence-electron chi connectivity index (χ1n) is 5.45. The van der Waals surface area contributed by atoms with E-state index in [2.05, 4.69) is 9.97 Å². The smallest absolute Gasteiger partial charge is 0.339 e. The number of aryl methyl sites for hydroxylation is 1. The average molecular weight is 275 g/mol. The highest BCUT2D eigenvalue weighted by atomic mass is 16.6. The summed E-state index contributed by atoms with van der Waals surface area (Å²) in [5, 5.41) is 19.8. The van der Waals surface area contributed by atoms with Crippen LogP contribution >= 0.6 is 0 Å². The van der Waals surface area contributed by atoms with Gasteiger partial charge in [-0.1, -0.05) is 0 Å². The van der Waals surface area contributed by atoms with Crippen molar-refractivity contribution >= 4 is 11.7 Å². The maximum absolute atomic E-state index is 11.0. The number of ether oxygens (including phenoxy) is 1. The fraction of sp³-hybridized carbons (Fsp3) is 0.0833. The normalized spacial score (nSPS) is 10.1. The fourth-order valence-corrected chi connectivity index (χ4v) is 1.50. The zero-order chi connectivity index (χ0) is 14.7. The highest BCUT2D eigenvalue weighted by Gasteiger charge is 2.16. The van der Waals surface area contributed by atoms with Crippen molar-refractivity contribution in [3.05, 3.63) is 52.0 Å². The van der Waals surface area contributed by atoms with Crippen LogP contribution in [0.5, 0.6) is 11.6 Å². The van der Waals surface area contributed by atoms with Gasteiger partial charge in [0.05, 0.1) is 17.2 Å². The molecule has 8 nitrogen and oxygen atoms in total. The van der Waals surface area contributed by atoms with Gasteiger partial charge in [-0.25, -0.2) is 9.78 Å². The van der Waals surface area contributed by atoms with Crippen LogP contribution in [0.1, 0.15) is 15.9 Å². The Morgan fingerprint density at radius 2 is 2.20 bits per heavy atom. The molecule has 8 heteroatoms. The van der Waals surface area contributed by atoms with Gasteiger partial charge >= 0.3 is 5.97 Å². The number of nitro groups is 1. The lowest BCUT2D eigenvalue weighted by molar-refractivity contribution is -0.385. The van der Waals surface area contributed by atoms with Crippen molar-refractivity contribution in [1.82, 2.24) is 9.97 Å². The third kappa shape index (κ3) is 2.69. The second-order valence-corrected chi connectivity index (χ2v) is 3.85. The summed E-state index contributed by atoms with van der Waals surface area (Å²) in [5.74, 6) is -1.30. The number of aromatic nitrogens is 2. The molecule has 1 N–H and O–H groups in total. The lowest BCUT2D eigenvalue weighted by atomic mass is 10.2. The number of hydrogen-bond donors (Lipinski definition) is 1. The summed E-state index contributed by atoms with van der Waals surface area (Å²) in [7, 11) is 0. The molecule has 20 heavy (non-hydrogen) atoms. The second kappa shape index (κ2) is 5.31. The molecule has 2 aromatic heterocycles. The summed E-state index contributed by atoms with van der Waals surface area (Å²) in [5.41, 5.74) is 0.118. The van der Waals surface area contributed by atoms with Gasteiger partial charge in [-0.3, -0.25) is 15.1 Å². The number of carbonyl (C=O) groups is 1. The molecule has 0 aliphatic heterocycles. The Bertz CT molecular complexity index is 687. The number of carboxylic acid groups (broad SMARTS) is 1. The van der Waals surface area contributed by atoms with E-state index < -0.39 is 10.9 Å².